The minimum atomic E-state index is -0.221. The number of nitrogens with zero attached hydrogens (tertiary/aromatic N) is 3. The van der Waals surface area contributed by atoms with Crippen molar-refractivity contribution in [3.8, 4) is 22.5 Å². The molecule has 154 valence electrons. The third kappa shape index (κ3) is 4.43. The maximum absolute atomic E-state index is 12.6. The summed E-state index contributed by atoms with van der Waals surface area (Å²) in [5.74, 6) is -0.221. The van der Waals surface area contributed by atoms with Gasteiger partial charge in [0.2, 0.25) is 0 Å². The van der Waals surface area contributed by atoms with Crippen LogP contribution in [0.1, 0.15) is 30.2 Å². The van der Waals surface area contributed by atoms with E-state index in [4.69, 9.17) is 0 Å². The van der Waals surface area contributed by atoms with E-state index in [1.165, 1.54) is 10.7 Å². The lowest BCUT2D eigenvalue weighted by atomic mass is 10.0. The maximum Gasteiger partial charge on any atom is 0.267 e. The van der Waals surface area contributed by atoms with Gasteiger partial charge in [-0.15, -0.1) is 0 Å². The minimum absolute atomic E-state index is 0.0819. The standard InChI is InChI=1S/C25H22N4O2/c1-17(2)29-23(30)14-13-22(28-29)21-15-20(27-25(31)19-11-7-4-8-12-19)16-26-24(21)18-9-5-3-6-10-18/h3-17H,1-2H3,(H,27,31). The summed E-state index contributed by atoms with van der Waals surface area (Å²) in [6.45, 7) is 3.82. The van der Waals surface area contributed by atoms with E-state index >= 15 is 0 Å². The van der Waals surface area contributed by atoms with Crippen LogP contribution in [0, 0.1) is 0 Å². The molecule has 31 heavy (non-hydrogen) atoms. The average molecular weight is 410 g/mol. The summed E-state index contributed by atoms with van der Waals surface area (Å²) in [5, 5.41) is 7.46. The number of hydrogen-bond acceptors (Lipinski definition) is 4. The van der Waals surface area contributed by atoms with Crippen LogP contribution in [-0.2, 0) is 0 Å². The Hall–Kier alpha value is -4.06. The lowest BCUT2D eigenvalue weighted by molar-refractivity contribution is 0.102. The first kappa shape index (κ1) is 20.2. The van der Waals surface area contributed by atoms with E-state index in [1.54, 1.807) is 24.4 Å². The zero-order valence-electron chi connectivity index (χ0n) is 17.3. The van der Waals surface area contributed by atoms with Gasteiger partial charge in [-0.3, -0.25) is 14.6 Å². The molecule has 2 aromatic carbocycles. The fourth-order valence-corrected chi connectivity index (χ4v) is 3.29. The first-order valence-corrected chi connectivity index (χ1v) is 10.0. The molecule has 0 atom stereocenters. The predicted molar refractivity (Wildman–Crippen MR) is 122 cm³/mol. The fourth-order valence-electron chi connectivity index (χ4n) is 3.29. The smallest absolute Gasteiger partial charge is 0.267 e. The van der Waals surface area contributed by atoms with Gasteiger partial charge >= 0.3 is 0 Å². The number of carbonyl (C=O) groups excluding carboxylic acids is 1. The molecular formula is C25H22N4O2. The predicted octanol–water partition coefficient (Wildman–Crippen LogP) is 4.81. The van der Waals surface area contributed by atoms with E-state index < -0.39 is 0 Å². The van der Waals surface area contributed by atoms with Gasteiger partial charge in [0, 0.05) is 22.8 Å². The molecule has 2 heterocycles. The summed E-state index contributed by atoms with van der Waals surface area (Å²) in [7, 11) is 0. The molecule has 0 spiro atoms. The van der Waals surface area contributed by atoms with Crippen LogP contribution in [-0.4, -0.2) is 20.7 Å². The molecule has 0 aliphatic heterocycles. The number of rotatable bonds is 5. The van der Waals surface area contributed by atoms with Crippen molar-refractivity contribution >= 4 is 11.6 Å². The van der Waals surface area contributed by atoms with E-state index in [0.29, 0.717) is 16.9 Å². The van der Waals surface area contributed by atoms with Gasteiger partial charge < -0.3 is 5.32 Å². The van der Waals surface area contributed by atoms with Gasteiger partial charge in [0.05, 0.1) is 29.3 Å². The number of carbonyl (C=O) groups is 1. The van der Waals surface area contributed by atoms with Gasteiger partial charge in [0.25, 0.3) is 11.5 Å². The Morgan fingerprint density at radius 2 is 1.61 bits per heavy atom. The summed E-state index contributed by atoms with van der Waals surface area (Å²) in [5.41, 5.74) is 3.92. The molecule has 0 bridgehead atoms. The Kier molecular flexibility index (Phi) is 5.71. The third-order valence-corrected chi connectivity index (χ3v) is 4.82. The van der Waals surface area contributed by atoms with Gasteiger partial charge in [-0.05, 0) is 38.1 Å². The first-order chi connectivity index (χ1) is 15.0. The monoisotopic (exact) mass is 410 g/mol. The van der Waals surface area contributed by atoms with Crippen molar-refractivity contribution in [3.63, 3.8) is 0 Å². The van der Waals surface area contributed by atoms with Gasteiger partial charge in [-0.1, -0.05) is 48.5 Å². The van der Waals surface area contributed by atoms with Gasteiger partial charge in [-0.2, -0.15) is 5.10 Å². The Morgan fingerprint density at radius 1 is 0.935 bits per heavy atom. The van der Waals surface area contributed by atoms with Crippen LogP contribution in [0.15, 0.2) is 89.9 Å². The number of hydrogen-bond donors (Lipinski definition) is 1. The van der Waals surface area contributed by atoms with Crippen LogP contribution in [0.4, 0.5) is 5.69 Å². The van der Waals surface area contributed by atoms with Crippen LogP contribution in [0.5, 0.6) is 0 Å². The van der Waals surface area contributed by atoms with Crippen LogP contribution in [0.25, 0.3) is 22.5 Å². The van der Waals surface area contributed by atoms with Gasteiger partial charge in [0.1, 0.15) is 0 Å². The second kappa shape index (κ2) is 8.75. The van der Waals surface area contributed by atoms with Crippen molar-refractivity contribution in [1.29, 1.82) is 0 Å². The fraction of sp³-hybridized carbons (Fsp3) is 0.120. The van der Waals surface area contributed by atoms with Crippen molar-refractivity contribution in [3.05, 3.63) is 101 Å². The number of amides is 1. The molecule has 2 aromatic heterocycles. The number of benzene rings is 2. The minimum Gasteiger partial charge on any atom is -0.321 e. The van der Waals surface area contributed by atoms with Crippen LogP contribution in [0.3, 0.4) is 0 Å². The van der Waals surface area contributed by atoms with Crippen molar-refractivity contribution < 1.29 is 4.79 Å². The Morgan fingerprint density at radius 3 is 2.29 bits per heavy atom. The lowest BCUT2D eigenvalue weighted by Crippen LogP contribution is -2.24. The second-order valence-corrected chi connectivity index (χ2v) is 7.40. The highest BCUT2D eigenvalue weighted by Crippen LogP contribution is 2.31. The van der Waals surface area contributed by atoms with Crippen LogP contribution >= 0.6 is 0 Å². The Bertz CT molecular complexity index is 1270. The molecule has 0 saturated carbocycles. The summed E-state index contributed by atoms with van der Waals surface area (Å²) in [4.78, 5) is 29.4. The molecule has 0 aliphatic carbocycles. The summed E-state index contributed by atoms with van der Waals surface area (Å²) < 4.78 is 1.44. The van der Waals surface area contributed by atoms with Crippen molar-refractivity contribution in [2.75, 3.05) is 5.32 Å². The number of nitrogens with one attached hydrogen (secondary N) is 1. The average Bonchev–Trinajstić information content (AvgIpc) is 2.80. The maximum atomic E-state index is 12.6. The van der Waals surface area contributed by atoms with E-state index in [-0.39, 0.29) is 17.5 Å². The first-order valence-electron chi connectivity index (χ1n) is 10.0. The molecule has 0 unspecified atom stereocenters. The van der Waals surface area contributed by atoms with E-state index in [2.05, 4.69) is 15.4 Å². The molecular weight excluding hydrogens is 388 g/mol. The second-order valence-electron chi connectivity index (χ2n) is 7.40. The molecule has 6 nitrogen and oxygen atoms in total. The topological polar surface area (TPSA) is 76.9 Å². The number of pyridine rings is 1. The van der Waals surface area contributed by atoms with Gasteiger partial charge in [-0.25, -0.2) is 4.68 Å². The summed E-state index contributed by atoms with van der Waals surface area (Å²) in [6, 6.07) is 23.7. The largest absolute Gasteiger partial charge is 0.321 e. The van der Waals surface area contributed by atoms with Crippen molar-refractivity contribution in [2.45, 2.75) is 19.9 Å². The van der Waals surface area contributed by atoms with E-state index in [9.17, 15) is 9.59 Å². The molecule has 6 heteroatoms. The highest BCUT2D eigenvalue weighted by Gasteiger charge is 2.15. The molecule has 1 N–H and O–H groups in total. The van der Waals surface area contributed by atoms with Crippen LogP contribution in [0.2, 0.25) is 0 Å². The van der Waals surface area contributed by atoms with Crippen molar-refractivity contribution in [2.24, 2.45) is 0 Å². The molecule has 0 fully saturated rings. The quantitative estimate of drug-likeness (QED) is 0.512. The molecule has 0 radical (unpaired) electrons. The molecule has 0 aliphatic rings. The SMILES string of the molecule is CC(C)n1nc(-c2cc(NC(=O)c3ccccc3)cnc2-c2ccccc2)ccc1=O. The summed E-state index contributed by atoms with van der Waals surface area (Å²) >= 11 is 0. The Labute approximate surface area is 180 Å². The van der Waals surface area contributed by atoms with Crippen LogP contribution < -0.4 is 10.9 Å². The molecule has 1 amide bonds. The third-order valence-electron chi connectivity index (χ3n) is 4.82. The van der Waals surface area contributed by atoms with E-state index in [0.717, 1.165) is 16.8 Å². The molecule has 4 aromatic rings. The number of aromatic nitrogens is 3. The number of anilines is 1. The highest BCUT2D eigenvalue weighted by atomic mass is 16.1. The normalized spacial score (nSPS) is 10.8. The zero-order valence-corrected chi connectivity index (χ0v) is 17.3. The van der Waals surface area contributed by atoms with E-state index in [1.807, 2.05) is 68.4 Å². The zero-order chi connectivity index (χ0) is 21.8. The van der Waals surface area contributed by atoms with Gasteiger partial charge in [0.15, 0.2) is 0 Å². The highest BCUT2D eigenvalue weighted by molar-refractivity contribution is 6.04. The van der Waals surface area contributed by atoms with Crippen molar-refractivity contribution in [1.82, 2.24) is 14.8 Å². The molecule has 0 saturated heterocycles. The Balaban J connectivity index is 1.81. The molecule has 4 rings (SSSR count). The lowest BCUT2D eigenvalue weighted by Gasteiger charge is -2.14. The summed E-state index contributed by atoms with van der Waals surface area (Å²) in [6.07, 6.45) is 1.63.